The van der Waals surface area contributed by atoms with E-state index in [4.69, 9.17) is 0 Å². The molecule has 0 aromatic heterocycles. The first-order chi connectivity index (χ1) is 1.00. The SMILES string of the molecule is C.C.C.C.C.C.CC. The lowest BCUT2D eigenvalue weighted by Crippen LogP contribution is -0.856. The molecule has 0 bridgehead atoms. The van der Waals surface area contributed by atoms with Gasteiger partial charge in [0, 0.05) is 0 Å². The molecule has 0 amide bonds. The maximum absolute atomic E-state index is 2.00. The van der Waals surface area contributed by atoms with E-state index in [0.717, 1.165) is 0 Å². The van der Waals surface area contributed by atoms with Gasteiger partial charge in [-0.25, -0.2) is 0 Å². The van der Waals surface area contributed by atoms with Crippen LogP contribution in [0, 0.1) is 0 Å². The summed E-state index contributed by atoms with van der Waals surface area (Å²) < 4.78 is 0. The molecule has 0 aliphatic heterocycles. The van der Waals surface area contributed by atoms with E-state index in [0.29, 0.717) is 0 Å². The van der Waals surface area contributed by atoms with Crippen molar-refractivity contribution in [1.29, 1.82) is 0 Å². The highest BCUT2D eigenvalue weighted by molar-refractivity contribution is 3.50. The third-order valence-corrected chi connectivity index (χ3v) is 0. The van der Waals surface area contributed by atoms with E-state index in [-0.39, 0.29) is 44.6 Å². The quantitative estimate of drug-likeness (QED) is 0.435. The highest BCUT2D eigenvalue weighted by atomic mass is 13.0. The Morgan fingerprint density at radius 3 is 0.375 bits per heavy atom. The maximum atomic E-state index is 2.00. The molecule has 0 aromatic rings. The van der Waals surface area contributed by atoms with Gasteiger partial charge in [0.15, 0.2) is 0 Å². The third kappa shape index (κ3) is 0. The molecule has 0 fully saturated rings. The second-order valence-corrected chi connectivity index (χ2v) is 0. The first-order valence-corrected chi connectivity index (χ1v) is 1.00. The summed E-state index contributed by atoms with van der Waals surface area (Å²) in [5.41, 5.74) is 0. The van der Waals surface area contributed by atoms with Gasteiger partial charge in [0.1, 0.15) is 0 Å². The molecule has 0 unspecified atom stereocenters. The Labute approximate surface area is 59.3 Å². The second kappa shape index (κ2) is 0. The molecule has 0 heteroatoms. The Morgan fingerprint density at radius 2 is 0.375 bits per heavy atom. The Kier molecular flexibility index (Phi) is 0. The van der Waals surface area contributed by atoms with Gasteiger partial charge in [0.2, 0.25) is 0 Å². The molecule has 0 rings (SSSR count). The average molecular weight is 126 g/mol. The highest BCUT2D eigenvalue weighted by Gasteiger charge is 0.932. The Bertz CT molecular complexity index is 0. The van der Waals surface area contributed by atoms with Crippen LogP contribution in [0.25, 0.3) is 0 Å². The molecule has 0 saturated heterocycles. The summed E-state index contributed by atoms with van der Waals surface area (Å²) in [6.45, 7) is 4.00. The van der Waals surface area contributed by atoms with Gasteiger partial charge in [0.05, 0.1) is 0 Å². The van der Waals surface area contributed by atoms with Crippen molar-refractivity contribution in [3.05, 3.63) is 0 Å². The van der Waals surface area contributed by atoms with Crippen LogP contribution in [0.15, 0.2) is 0 Å². The molecular weight excluding hydrogens is 96.1 g/mol. The minimum atomic E-state index is 0. The normalized spacial score (nSPS) is 0.750. The Balaban J connectivity index is -0.000000000333. The van der Waals surface area contributed by atoms with Crippen LogP contribution in [0.5, 0.6) is 0 Å². The molecule has 0 nitrogen and oxygen atoms in total. The van der Waals surface area contributed by atoms with E-state index in [2.05, 4.69) is 0 Å². The van der Waals surface area contributed by atoms with Crippen LogP contribution in [0.4, 0.5) is 0 Å². The molecule has 0 atom stereocenters. The fraction of sp³-hybridized carbons (Fsp3) is 1.00. The van der Waals surface area contributed by atoms with Crippen molar-refractivity contribution in [2.24, 2.45) is 0 Å². The molecule has 0 aliphatic rings. The molecule has 0 saturated carbocycles. The standard InChI is InChI=1S/C2H6.6CH4/c1-2;;;;;;/h1-2H3;6*1H4. The minimum absolute atomic E-state index is 0. The molecule has 8 heavy (non-hydrogen) atoms. The number of hydrogen-bond donors (Lipinski definition) is 0. The lowest BCUT2D eigenvalue weighted by Gasteiger charge is -1.07. The summed E-state index contributed by atoms with van der Waals surface area (Å²) in [5.74, 6) is 0. The lowest BCUT2D eigenvalue weighted by atomic mass is 11.0. The molecule has 0 aromatic carbocycles. The van der Waals surface area contributed by atoms with E-state index in [1.807, 2.05) is 13.8 Å². The zero-order valence-electron chi connectivity index (χ0n) is 2.00. The average Bonchev–Trinajstić information content (AvgIpc) is 1.00. The number of hydrogen-bond acceptors (Lipinski definition) is 0. The van der Waals surface area contributed by atoms with Crippen LogP contribution in [0.3, 0.4) is 0 Å². The number of rotatable bonds is 0. The monoisotopic (exact) mass is 126 g/mol. The van der Waals surface area contributed by atoms with Crippen molar-refractivity contribution >= 4 is 0 Å². The van der Waals surface area contributed by atoms with Crippen molar-refractivity contribution in [3.8, 4) is 0 Å². The van der Waals surface area contributed by atoms with Crippen LogP contribution < -0.4 is 0 Å². The topological polar surface area (TPSA) is 0 Å². The van der Waals surface area contributed by atoms with Gasteiger partial charge in [-0.1, -0.05) is 58.4 Å². The van der Waals surface area contributed by atoms with E-state index in [9.17, 15) is 0 Å². The van der Waals surface area contributed by atoms with E-state index in [1.54, 1.807) is 0 Å². The van der Waals surface area contributed by atoms with E-state index < -0.39 is 0 Å². The van der Waals surface area contributed by atoms with Crippen molar-refractivity contribution in [2.45, 2.75) is 58.4 Å². The van der Waals surface area contributed by atoms with Gasteiger partial charge in [-0.15, -0.1) is 0 Å². The van der Waals surface area contributed by atoms with Crippen molar-refractivity contribution in [1.82, 2.24) is 0 Å². The van der Waals surface area contributed by atoms with Gasteiger partial charge >= 0.3 is 0 Å². The molecule has 0 N–H and O–H groups in total. The van der Waals surface area contributed by atoms with Crippen LogP contribution in [-0.2, 0) is 0 Å². The summed E-state index contributed by atoms with van der Waals surface area (Å²) in [6.07, 6.45) is 0. The third-order valence-electron chi connectivity index (χ3n) is 0. The summed E-state index contributed by atoms with van der Waals surface area (Å²) in [6, 6.07) is 0. The Hall–Kier alpha value is 0. The van der Waals surface area contributed by atoms with Gasteiger partial charge in [-0.05, 0) is 0 Å². The molecule has 0 spiro atoms. The summed E-state index contributed by atoms with van der Waals surface area (Å²) in [4.78, 5) is 0. The molecule has 0 radical (unpaired) electrons. The predicted octanol–water partition coefficient (Wildman–Crippen LogP) is 4.84. The van der Waals surface area contributed by atoms with Crippen LogP contribution in [-0.4, -0.2) is 0 Å². The zero-order chi connectivity index (χ0) is 2.00. The van der Waals surface area contributed by atoms with Crippen molar-refractivity contribution in [3.63, 3.8) is 0 Å². The van der Waals surface area contributed by atoms with Crippen molar-refractivity contribution in [2.75, 3.05) is 0 Å². The smallest absolute Gasteiger partial charge is 0.0683 e. The van der Waals surface area contributed by atoms with Crippen molar-refractivity contribution < 1.29 is 0 Å². The van der Waals surface area contributed by atoms with Gasteiger partial charge in [0.25, 0.3) is 0 Å². The fourth-order valence-corrected chi connectivity index (χ4v) is 0. The maximum Gasteiger partial charge on any atom is -0.0683 e. The highest BCUT2D eigenvalue weighted by Crippen LogP contribution is 1.14. The minimum Gasteiger partial charge on any atom is -0.0776 e. The summed E-state index contributed by atoms with van der Waals surface area (Å²) >= 11 is 0. The molecule has 62 valence electrons. The second-order valence-electron chi connectivity index (χ2n) is 0. The van der Waals surface area contributed by atoms with Gasteiger partial charge < -0.3 is 0 Å². The van der Waals surface area contributed by atoms with Crippen LogP contribution >= 0.6 is 0 Å². The predicted molar refractivity (Wildman–Crippen MR) is 51.7 cm³/mol. The fourth-order valence-electron chi connectivity index (χ4n) is 0. The van der Waals surface area contributed by atoms with Crippen LogP contribution in [0.1, 0.15) is 58.4 Å². The summed E-state index contributed by atoms with van der Waals surface area (Å²) in [7, 11) is 0. The molecule has 0 heterocycles. The molecular formula is C8H30. The largest absolute Gasteiger partial charge is 0.0776 e. The summed E-state index contributed by atoms with van der Waals surface area (Å²) in [5, 5.41) is 0. The van der Waals surface area contributed by atoms with Crippen LogP contribution in [0.2, 0.25) is 0 Å². The van der Waals surface area contributed by atoms with Gasteiger partial charge in [-0.2, -0.15) is 0 Å². The lowest BCUT2D eigenvalue weighted by molar-refractivity contribution is 1.50. The first-order valence-electron chi connectivity index (χ1n) is 1.00. The van der Waals surface area contributed by atoms with Gasteiger partial charge in [-0.3, -0.25) is 0 Å². The first kappa shape index (κ1) is 392. The Morgan fingerprint density at radius 1 is 0.375 bits per heavy atom. The molecule has 0 aliphatic carbocycles. The van der Waals surface area contributed by atoms with E-state index >= 15 is 0 Å². The zero-order valence-corrected chi connectivity index (χ0v) is 2.00. The van der Waals surface area contributed by atoms with E-state index in [1.165, 1.54) is 0 Å².